The van der Waals surface area contributed by atoms with E-state index in [-0.39, 0.29) is 6.04 Å². The van der Waals surface area contributed by atoms with E-state index in [1.54, 1.807) is 0 Å². The van der Waals surface area contributed by atoms with Crippen LogP contribution in [0.3, 0.4) is 0 Å². The maximum Gasteiger partial charge on any atom is 0.0559 e. The SMILES string of the molecule is C1=CCC(N(c2ccccc2)c2ccc(-c3c4ccccc4c(-c4ccc(N(c5ccccc5)c5ccccc5)cc4)c4ccccc34)cc2)C=C1. The van der Waals surface area contributed by atoms with Gasteiger partial charge in [-0.15, -0.1) is 0 Å². The van der Waals surface area contributed by atoms with Gasteiger partial charge in [-0.3, -0.25) is 0 Å². The van der Waals surface area contributed by atoms with Crippen LogP contribution >= 0.6 is 0 Å². The Balaban J connectivity index is 1.15. The number of fused-ring (bicyclic) bond motifs is 2. The van der Waals surface area contributed by atoms with Crippen molar-refractivity contribution in [2.45, 2.75) is 12.5 Å². The second kappa shape index (κ2) is 13.9. The fourth-order valence-corrected chi connectivity index (χ4v) is 7.80. The average Bonchev–Trinajstić information content (AvgIpc) is 3.22. The predicted octanol–water partition coefficient (Wildman–Crippen LogP) is 13.8. The first-order valence-corrected chi connectivity index (χ1v) is 18.1. The highest BCUT2D eigenvalue weighted by Gasteiger charge is 2.21. The Labute approximate surface area is 305 Å². The lowest BCUT2D eigenvalue weighted by Gasteiger charge is -2.32. The van der Waals surface area contributed by atoms with Gasteiger partial charge in [0.25, 0.3) is 0 Å². The molecule has 1 aliphatic rings. The molecule has 1 unspecified atom stereocenters. The van der Waals surface area contributed by atoms with E-state index in [9.17, 15) is 0 Å². The standard InChI is InChI=1S/C50H38N2/c1-5-17-39(18-6-1)51(40-19-7-2-8-20-40)43-33-29-37(30-34-43)49-45-25-13-15-27-47(45)50(48-28-16-14-26-46(48)49)38-31-35-44(36-32-38)52(41-21-9-3-10-22-41)42-23-11-4-12-24-42/h1-23,25-36,42H,24H2. The van der Waals surface area contributed by atoms with Crippen LogP contribution in [0.1, 0.15) is 6.42 Å². The number of rotatable bonds is 8. The lowest BCUT2D eigenvalue weighted by molar-refractivity contribution is 0.785. The molecule has 9 rings (SSSR count). The molecule has 1 atom stereocenters. The van der Waals surface area contributed by atoms with Crippen LogP contribution in [0.2, 0.25) is 0 Å². The molecule has 0 spiro atoms. The summed E-state index contributed by atoms with van der Waals surface area (Å²) in [7, 11) is 0. The Bertz CT molecular complexity index is 2420. The highest BCUT2D eigenvalue weighted by molar-refractivity contribution is 6.21. The quantitative estimate of drug-likeness (QED) is 0.149. The van der Waals surface area contributed by atoms with Crippen molar-refractivity contribution in [3.05, 3.63) is 212 Å². The molecule has 248 valence electrons. The second-order valence-corrected chi connectivity index (χ2v) is 13.3. The van der Waals surface area contributed by atoms with Crippen LogP contribution in [-0.4, -0.2) is 6.04 Å². The van der Waals surface area contributed by atoms with Gasteiger partial charge in [0.2, 0.25) is 0 Å². The normalized spacial score (nSPS) is 13.7. The largest absolute Gasteiger partial charge is 0.334 e. The first-order valence-electron chi connectivity index (χ1n) is 18.1. The monoisotopic (exact) mass is 666 g/mol. The lowest BCUT2D eigenvalue weighted by Crippen LogP contribution is -2.29. The molecular formula is C50H38N2. The van der Waals surface area contributed by atoms with Crippen LogP contribution in [0.4, 0.5) is 28.4 Å². The molecule has 0 aliphatic heterocycles. The number of para-hydroxylation sites is 3. The molecule has 0 fully saturated rings. The summed E-state index contributed by atoms with van der Waals surface area (Å²) in [5, 5.41) is 5.01. The maximum absolute atomic E-state index is 2.45. The Hall–Kier alpha value is -6.64. The van der Waals surface area contributed by atoms with Crippen LogP contribution in [-0.2, 0) is 0 Å². The predicted molar refractivity (Wildman–Crippen MR) is 222 cm³/mol. The van der Waals surface area contributed by atoms with Crippen molar-refractivity contribution in [3.8, 4) is 22.3 Å². The van der Waals surface area contributed by atoms with Crippen LogP contribution in [0.15, 0.2) is 212 Å². The van der Waals surface area contributed by atoms with Crippen LogP contribution in [0.5, 0.6) is 0 Å². The molecule has 0 heterocycles. The van der Waals surface area contributed by atoms with Crippen molar-refractivity contribution in [1.29, 1.82) is 0 Å². The van der Waals surface area contributed by atoms with E-state index in [4.69, 9.17) is 0 Å². The number of hydrogen-bond donors (Lipinski definition) is 0. The molecular weight excluding hydrogens is 629 g/mol. The molecule has 0 saturated heterocycles. The minimum absolute atomic E-state index is 0.262. The summed E-state index contributed by atoms with van der Waals surface area (Å²) < 4.78 is 0. The van der Waals surface area contributed by atoms with E-state index >= 15 is 0 Å². The summed E-state index contributed by atoms with van der Waals surface area (Å²) in [5.41, 5.74) is 10.7. The van der Waals surface area contributed by atoms with Gasteiger partial charge < -0.3 is 9.80 Å². The topological polar surface area (TPSA) is 6.48 Å². The third-order valence-electron chi connectivity index (χ3n) is 10.1. The van der Waals surface area contributed by atoms with Gasteiger partial charge in [0.15, 0.2) is 0 Å². The zero-order chi connectivity index (χ0) is 34.7. The van der Waals surface area contributed by atoms with Crippen molar-refractivity contribution in [3.63, 3.8) is 0 Å². The summed E-state index contributed by atoms with van der Waals surface area (Å²) in [6, 6.07) is 68.2. The average molecular weight is 667 g/mol. The minimum atomic E-state index is 0.262. The lowest BCUT2D eigenvalue weighted by atomic mass is 9.86. The first-order chi connectivity index (χ1) is 25.8. The van der Waals surface area contributed by atoms with Gasteiger partial charge in [0, 0.05) is 28.4 Å². The van der Waals surface area contributed by atoms with Gasteiger partial charge in [-0.1, -0.05) is 152 Å². The number of nitrogens with zero attached hydrogens (tertiary/aromatic N) is 2. The highest BCUT2D eigenvalue weighted by atomic mass is 15.2. The van der Waals surface area contributed by atoms with Gasteiger partial charge in [-0.25, -0.2) is 0 Å². The van der Waals surface area contributed by atoms with E-state index in [1.165, 1.54) is 55.2 Å². The number of hydrogen-bond acceptors (Lipinski definition) is 2. The van der Waals surface area contributed by atoms with Gasteiger partial charge in [0.1, 0.15) is 0 Å². The third kappa shape index (κ3) is 5.85. The van der Waals surface area contributed by atoms with Crippen molar-refractivity contribution in [1.82, 2.24) is 0 Å². The molecule has 2 nitrogen and oxygen atoms in total. The highest BCUT2D eigenvalue weighted by Crippen LogP contribution is 2.45. The van der Waals surface area contributed by atoms with Gasteiger partial charge >= 0.3 is 0 Å². The van der Waals surface area contributed by atoms with Crippen molar-refractivity contribution in [2.75, 3.05) is 9.80 Å². The van der Waals surface area contributed by atoms with Crippen molar-refractivity contribution < 1.29 is 0 Å². The fraction of sp³-hybridized carbons (Fsp3) is 0.0400. The fourth-order valence-electron chi connectivity index (χ4n) is 7.80. The van der Waals surface area contributed by atoms with Gasteiger partial charge in [-0.05, 0) is 111 Å². The molecule has 0 amide bonds. The Morgan fingerprint density at radius 3 is 1.13 bits per heavy atom. The molecule has 8 aromatic carbocycles. The van der Waals surface area contributed by atoms with E-state index in [0.29, 0.717) is 0 Å². The Morgan fingerprint density at radius 1 is 0.346 bits per heavy atom. The third-order valence-corrected chi connectivity index (χ3v) is 10.1. The van der Waals surface area contributed by atoms with Gasteiger partial charge in [-0.2, -0.15) is 0 Å². The van der Waals surface area contributed by atoms with E-state index in [1.807, 2.05) is 0 Å². The Morgan fingerprint density at radius 2 is 0.712 bits per heavy atom. The summed E-state index contributed by atoms with van der Waals surface area (Å²) in [4.78, 5) is 4.76. The van der Waals surface area contributed by atoms with E-state index < -0.39 is 0 Å². The molecule has 0 aromatic heterocycles. The maximum atomic E-state index is 2.45. The summed E-state index contributed by atoms with van der Waals surface area (Å²) in [6.45, 7) is 0. The molecule has 0 N–H and O–H groups in total. The zero-order valence-corrected chi connectivity index (χ0v) is 28.9. The molecule has 0 radical (unpaired) electrons. The molecule has 52 heavy (non-hydrogen) atoms. The van der Waals surface area contributed by atoms with Gasteiger partial charge in [0.05, 0.1) is 6.04 Å². The second-order valence-electron chi connectivity index (χ2n) is 13.3. The number of allylic oxidation sites excluding steroid dienone is 2. The number of benzene rings is 8. The van der Waals surface area contributed by atoms with Crippen molar-refractivity contribution in [2.24, 2.45) is 0 Å². The summed E-state index contributed by atoms with van der Waals surface area (Å²) in [6.07, 6.45) is 9.83. The van der Waals surface area contributed by atoms with Crippen LogP contribution < -0.4 is 9.80 Å². The zero-order valence-electron chi connectivity index (χ0n) is 28.9. The summed E-state index contributed by atoms with van der Waals surface area (Å²) in [5.74, 6) is 0. The van der Waals surface area contributed by atoms with Crippen LogP contribution in [0, 0.1) is 0 Å². The van der Waals surface area contributed by atoms with E-state index in [0.717, 1.165) is 23.5 Å². The minimum Gasteiger partial charge on any atom is -0.334 e. The smallest absolute Gasteiger partial charge is 0.0559 e. The van der Waals surface area contributed by atoms with Crippen LogP contribution in [0.25, 0.3) is 43.8 Å². The first kappa shape index (κ1) is 31.3. The summed E-state index contributed by atoms with van der Waals surface area (Å²) >= 11 is 0. The molecule has 0 bridgehead atoms. The Kier molecular flexibility index (Phi) is 8.40. The molecule has 0 saturated carbocycles. The molecule has 8 aromatic rings. The molecule has 1 aliphatic carbocycles. The van der Waals surface area contributed by atoms with E-state index in [2.05, 4.69) is 222 Å². The molecule has 2 heteroatoms. The van der Waals surface area contributed by atoms with Crippen molar-refractivity contribution >= 4 is 50.0 Å². The number of anilines is 5.